The molecule has 1 aromatic heterocycles. The molecule has 1 N–H and O–H groups in total. The molecule has 0 aliphatic heterocycles. The number of rotatable bonds is 3. The van der Waals surface area contributed by atoms with Gasteiger partial charge in [0.25, 0.3) is 0 Å². The Labute approximate surface area is 108 Å². The smallest absolute Gasteiger partial charge is 0.0916 e. The van der Waals surface area contributed by atoms with E-state index in [2.05, 4.69) is 15.9 Å². The summed E-state index contributed by atoms with van der Waals surface area (Å²) in [7, 11) is 0. The van der Waals surface area contributed by atoms with Crippen molar-refractivity contribution in [2.24, 2.45) is 0 Å². The van der Waals surface area contributed by atoms with Gasteiger partial charge in [-0.2, -0.15) is 0 Å². The van der Waals surface area contributed by atoms with Crippen LogP contribution in [0.25, 0.3) is 0 Å². The molecule has 0 aliphatic rings. The van der Waals surface area contributed by atoms with Gasteiger partial charge in [0.2, 0.25) is 0 Å². The van der Waals surface area contributed by atoms with Crippen LogP contribution >= 0.6 is 27.3 Å². The summed E-state index contributed by atoms with van der Waals surface area (Å²) in [5.74, 6) is 0. The van der Waals surface area contributed by atoms with Gasteiger partial charge in [-0.3, -0.25) is 0 Å². The summed E-state index contributed by atoms with van der Waals surface area (Å²) in [4.78, 5) is 1.18. The van der Waals surface area contributed by atoms with Gasteiger partial charge in [0.15, 0.2) is 0 Å². The molecule has 1 atom stereocenters. The molecule has 1 heterocycles. The molecular formula is C13H13BrOS. The van der Waals surface area contributed by atoms with Crippen molar-refractivity contribution < 1.29 is 5.11 Å². The molecule has 0 bridgehead atoms. The highest BCUT2D eigenvalue weighted by Crippen LogP contribution is 2.30. The van der Waals surface area contributed by atoms with E-state index in [9.17, 15) is 5.11 Å². The molecule has 0 saturated heterocycles. The van der Waals surface area contributed by atoms with E-state index in [1.807, 2.05) is 49.4 Å². The van der Waals surface area contributed by atoms with Crippen molar-refractivity contribution in [3.05, 3.63) is 56.7 Å². The van der Waals surface area contributed by atoms with Crippen molar-refractivity contribution in [2.75, 3.05) is 0 Å². The van der Waals surface area contributed by atoms with Crippen LogP contribution in [-0.2, 0) is 12.0 Å². The number of thiophene rings is 1. The molecule has 2 rings (SSSR count). The van der Waals surface area contributed by atoms with E-state index in [4.69, 9.17) is 0 Å². The van der Waals surface area contributed by atoms with Crippen LogP contribution in [0.15, 0.2) is 46.3 Å². The number of hydrogen-bond acceptors (Lipinski definition) is 2. The molecule has 0 radical (unpaired) electrons. The average Bonchev–Trinajstić information content (AvgIpc) is 2.64. The Hall–Kier alpha value is -0.640. The number of halogens is 1. The molecule has 0 spiro atoms. The van der Waals surface area contributed by atoms with Gasteiger partial charge in [-0.15, -0.1) is 11.3 Å². The molecule has 0 aliphatic carbocycles. The normalized spacial score (nSPS) is 14.7. The third kappa shape index (κ3) is 2.73. The van der Waals surface area contributed by atoms with Crippen molar-refractivity contribution in [1.29, 1.82) is 0 Å². The quantitative estimate of drug-likeness (QED) is 0.909. The van der Waals surface area contributed by atoms with Gasteiger partial charge in [0.05, 0.1) is 9.39 Å². The zero-order valence-electron chi connectivity index (χ0n) is 8.98. The first-order valence-electron chi connectivity index (χ1n) is 5.10. The first-order valence-corrected chi connectivity index (χ1v) is 6.71. The Morgan fingerprint density at radius 2 is 1.88 bits per heavy atom. The van der Waals surface area contributed by atoms with Crippen molar-refractivity contribution in [2.45, 2.75) is 18.9 Å². The molecule has 1 aromatic carbocycles. The molecule has 1 unspecified atom stereocenters. The van der Waals surface area contributed by atoms with E-state index in [0.717, 1.165) is 9.35 Å². The van der Waals surface area contributed by atoms with Gasteiger partial charge in [-0.05, 0) is 40.5 Å². The maximum absolute atomic E-state index is 10.4. The summed E-state index contributed by atoms with van der Waals surface area (Å²) < 4.78 is 1.10. The van der Waals surface area contributed by atoms with Crippen LogP contribution in [0.3, 0.4) is 0 Å². The predicted molar refractivity (Wildman–Crippen MR) is 71.7 cm³/mol. The van der Waals surface area contributed by atoms with Gasteiger partial charge in [0.1, 0.15) is 0 Å². The third-order valence-electron chi connectivity index (χ3n) is 2.54. The Bertz CT molecular complexity index is 462. The Morgan fingerprint density at radius 1 is 1.19 bits per heavy atom. The lowest BCUT2D eigenvalue weighted by Crippen LogP contribution is -2.23. The molecule has 2 aromatic rings. The maximum atomic E-state index is 10.4. The summed E-state index contributed by atoms with van der Waals surface area (Å²) in [6, 6.07) is 13.8. The van der Waals surface area contributed by atoms with E-state index in [0.29, 0.717) is 6.42 Å². The van der Waals surface area contributed by atoms with Gasteiger partial charge in [0, 0.05) is 11.3 Å². The molecule has 16 heavy (non-hydrogen) atoms. The highest BCUT2D eigenvalue weighted by molar-refractivity contribution is 9.11. The molecule has 1 nitrogen and oxygen atoms in total. The van der Waals surface area contributed by atoms with E-state index >= 15 is 0 Å². The monoisotopic (exact) mass is 296 g/mol. The Kier molecular flexibility index (Phi) is 3.47. The average molecular weight is 297 g/mol. The summed E-state index contributed by atoms with van der Waals surface area (Å²) in [5, 5.41) is 10.4. The largest absolute Gasteiger partial charge is 0.385 e. The lowest BCUT2D eigenvalue weighted by atomic mass is 9.92. The van der Waals surface area contributed by atoms with Gasteiger partial charge < -0.3 is 5.11 Å². The van der Waals surface area contributed by atoms with Gasteiger partial charge in [-0.25, -0.2) is 0 Å². The highest BCUT2D eigenvalue weighted by Gasteiger charge is 2.23. The number of hydrogen-bond donors (Lipinski definition) is 1. The number of benzene rings is 1. The molecule has 0 amide bonds. The minimum Gasteiger partial charge on any atom is -0.385 e. The summed E-state index contributed by atoms with van der Waals surface area (Å²) in [6.07, 6.45) is 0.646. The second-order valence-electron chi connectivity index (χ2n) is 4.02. The zero-order chi connectivity index (χ0) is 11.6. The molecule has 84 valence electrons. The van der Waals surface area contributed by atoms with Gasteiger partial charge >= 0.3 is 0 Å². The second-order valence-corrected chi connectivity index (χ2v) is 6.57. The SMILES string of the molecule is CC(O)(Cc1ccc(Br)s1)c1ccccc1. The van der Waals surface area contributed by atoms with Crippen molar-refractivity contribution in [3.63, 3.8) is 0 Å². The molecule has 3 heteroatoms. The van der Waals surface area contributed by atoms with Crippen LogP contribution < -0.4 is 0 Å². The predicted octanol–water partition coefficient (Wildman–Crippen LogP) is 3.96. The summed E-state index contributed by atoms with van der Waals surface area (Å²) in [6.45, 7) is 1.86. The summed E-state index contributed by atoms with van der Waals surface area (Å²) in [5.41, 5.74) is 0.158. The van der Waals surface area contributed by atoms with Gasteiger partial charge in [-0.1, -0.05) is 30.3 Å². The van der Waals surface area contributed by atoms with Crippen molar-refractivity contribution >= 4 is 27.3 Å². The van der Waals surface area contributed by atoms with Crippen molar-refractivity contribution in [3.8, 4) is 0 Å². The minimum atomic E-state index is -0.800. The van der Waals surface area contributed by atoms with Crippen LogP contribution in [0.1, 0.15) is 17.4 Å². The van der Waals surface area contributed by atoms with E-state index < -0.39 is 5.60 Å². The summed E-state index contributed by atoms with van der Waals surface area (Å²) >= 11 is 5.10. The first-order chi connectivity index (χ1) is 7.58. The van der Waals surface area contributed by atoms with Crippen LogP contribution in [-0.4, -0.2) is 5.11 Å². The fraction of sp³-hybridized carbons (Fsp3) is 0.231. The second kappa shape index (κ2) is 4.70. The Balaban J connectivity index is 2.20. The van der Waals surface area contributed by atoms with Crippen LogP contribution in [0.2, 0.25) is 0 Å². The first kappa shape index (κ1) is 11.8. The fourth-order valence-corrected chi connectivity index (χ4v) is 3.32. The van der Waals surface area contributed by atoms with Crippen molar-refractivity contribution in [1.82, 2.24) is 0 Å². The highest BCUT2D eigenvalue weighted by atomic mass is 79.9. The standard InChI is InChI=1S/C13H13BrOS/c1-13(15,10-5-3-2-4-6-10)9-11-7-8-12(14)16-11/h2-8,15H,9H2,1H3. The Morgan fingerprint density at radius 3 is 2.44 bits per heavy atom. The third-order valence-corrected chi connectivity index (χ3v) is 4.17. The van der Waals surface area contributed by atoms with E-state index in [-0.39, 0.29) is 0 Å². The van der Waals surface area contributed by atoms with Crippen LogP contribution in [0, 0.1) is 0 Å². The van der Waals surface area contributed by atoms with Crippen LogP contribution in [0.5, 0.6) is 0 Å². The van der Waals surface area contributed by atoms with E-state index in [1.54, 1.807) is 11.3 Å². The molecule has 0 fully saturated rings. The van der Waals surface area contributed by atoms with E-state index in [1.165, 1.54) is 4.88 Å². The number of aliphatic hydroxyl groups is 1. The lowest BCUT2D eigenvalue weighted by molar-refractivity contribution is 0.0585. The minimum absolute atomic E-state index is 0.646. The topological polar surface area (TPSA) is 20.2 Å². The molecular weight excluding hydrogens is 284 g/mol. The maximum Gasteiger partial charge on any atom is 0.0916 e. The van der Waals surface area contributed by atoms with Crippen LogP contribution in [0.4, 0.5) is 0 Å². The molecule has 0 saturated carbocycles. The zero-order valence-corrected chi connectivity index (χ0v) is 11.4. The fourth-order valence-electron chi connectivity index (χ4n) is 1.69. The lowest BCUT2D eigenvalue weighted by Gasteiger charge is -2.23.